The highest BCUT2D eigenvalue weighted by Gasteiger charge is 2.28. The number of aryl methyl sites for hydroxylation is 1. The summed E-state index contributed by atoms with van der Waals surface area (Å²) in [6.07, 6.45) is 2.35. The summed E-state index contributed by atoms with van der Waals surface area (Å²) in [7, 11) is 1.77. The number of anilines is 1. The summed E-state index contributed by atoms with van der Waals surface area (Å²) in [4.78, 5) is 2.57. The number of nitrogens with zero attached hydrogens (tertiary/aromatic N) is 1. The van der Waals surface area contributed by atoms with Crippen LogP contribution in [0.3, 0.4) is 0 Å². The normalized spacial score (nSPS) is 18.3. The number of methoxy groups -OCH3 is 1. The van der Waals surface area contributed by atoms with Gasteiger partial charge in [0.2, 0.25) is 0 Å². The molecule has 0 saturated heterocycles. The predicted molar refractivity (Wildman–Crippen MR) is 80.2 cm³/mol. The van der Waals surface area contributed by atoms with Gasteiger partial charge in [-0.3, -0.25) is 4.90 Å². The van der Waals surface area contributed by atoms with Crippen molar-refractivity contribution in [1.82, 2.24) is 4.90 Å². The van der Waals surface area contributed by atoms with E-state index in [4.69, 9.17) is 10.5 Å². The van der Waals surface area contributed by atoms with Crippen LogP contribution in [0.25, 0.3) is 0 Å². The van der Waals surface area contributed by atoms with E-state index in [1.54, 1.807) is 7.11 Å². The second kappa shape index (κ2) is 6.40. The van der Waals surface area contributed by atoms with Gasteiger partial charge < -0.3 is 10.5 Å². The van der Waals surface area contributed by atoms with Crippen LogP contribution in [-0.4, -0.2) is 31.7 Å². The second-order valence-electron chi connectivity index (χ2n) is 5.89. The Morgan fingerprint density at radius 3 is 2.89 bits per heavy atom. The van der Waals surface area contributed by atoms with E-state index in [2.05, 4.69) is 30.9 Å². The molecule has 0 radical (unpaired) electrons. The molecule has 1 unspecified atom stereocenters. The van der Waals surface area contributed by atoms with E-state index in [1.807, 2.05) is 6.07 Å². The maximum Gasteiger partial charge on any atom is 0.0589 e. The minimum atomic E-state index is 0.535. The number of benzene rings is 1. The Balaban J connectivity index is 2.15. The molecule has 3 nitrogen and oxygen atoms in total. The molecule has 3 heteroatoms. The zero-order valence-corrected chi connectivity index (χ0v) is 12.4. The zero-order chi connectivity index (χ0) is 13.8. The lowest BCUT2D eigenvalue weighted by molar-refractivity contribution is 0.109. The van der Waals surface area contributed by atoms with Crippen LogP contribution in [0.4, 0.5) is 5.69 Å². The third kappa shape index (κ3) is 3.48. The third-order valence-electron chi connectivity index (χ3n) is 3.84. The van der Waals surface area contributed by atoms with Crippen molar-refractivity contribution in [3.05, 3.63) is 29.3 Å². The smallest absolute Gasteiger partial charge is 0.0589 e. The van der Waals surface area contributed by atoms with E-state index in [1.165, 1.54) is 17.5 Å². The molecule has 0 fully saturated rings. The predicted octanol–water partition coefficient (Wildman–Crippen LogP) is 2.86. The fourth-order valence-corrected chi connectivity index (χ4v) is 3.05. The lowest BCUT2D eigenvalue weighted by Gasteiger charge is -2.31. The number of rotatable bonds is 6. The lowest BCUT2D eigenvalue weighted by atomic mass is 10.0. The van der Waals surface area contributed by atoms with E-state index >= 15 is 0 Å². The molecule has 1 aliphatic carbocycles. The Bertz CT molecular complexity index is 417. The number of nitrogens with two attached hydrogens (primary N) is 1. The topological polar surface area (TPSA) is 38.5 Å². The Labute approximate surface area is 116 Å². The third-order valence-corrected chi connectivity index (χ3v) is 3.84. The molecule has 2 N–H and O–H groups in total. The van der Waals surface area contributed by atoms with Gasteiger partial charge in [0.15, 0.2) is 0 Å². The average Bonchev–Trinajstić information content (AvgIpc) is 2.76. The Morgan fingerprint density at radius 1 is 1.42 bits per heavy atom. The van der Waals surface area contributed by atoms with Crippen LogP contribution in [0.5, 0.6) is 0 Å². The molecule has 1 aromatic carbocycles. The van der Waals surface area contributed by atoms with Crippen LogP contribution in [-0.2, 0) is 11.2 Å². The summed E-state index contributed by atoms with van der Waals surface area (Å²) in [6.45, 7) is 7.48. The maximum absolute atomic E-state index is 5.88. The lowest BCUT2D eigenvalue weighted by Crippen LogP contribution is -2.34. The van der Waals surface area contributed by atoms with E-state index < -0.39 is 0 Å². The molecule has 0 amide bonds. The number of nitrogen functional groups attached to an aromatic ring is 1. The van der Waals surface area contributed by atoms with Gasteiger partial charge in [-0.15, -0.1) is 0 Å². The van der Waals surface area contributed by atoms with Gasteiger partial charge in [-0.05, 0) is 42.0 Å². The van der Waals surface area contributed by atoms with Crippen molar-refractivity contribution in [2.75, 3.05) is 32.5 Å². The molecule has 0 aliphatic heterocycles. The van der Waals surface area contributed by atoms with Crippen LogP contribution in [0.1, 0.15) is 37.4 Å². The molecule has 106 valence electrons. The van der Waals surface area contributed by atoms with E-state index in [0.29, 0.717) is 12.0 Å². The van der Waals surface area contributed by atoms with E-state index in [0.717, 1.165) is 31.8 Å². The molecular formula is C16H26N2O. The van der Waals surface area contributed by atoms with Crippen molar-refractivity contribution in [2.45, 2.75) is 32.7 Å². The Morgan fingerprint density at radius 2 is 2.21 bits per heavy atom. The van der Waals surface area contributed by atoms with Crippen molar-refractivity contribution >= 4 is 5.69 Å². The quantitative estimate of drug-likeness (QED) is 0.801. The van der Waals surface area contributed by atoms with Crippen molar-refractivity contribution in [1.29, 1.82) is 0 Å². The molecule has 0 bridgehead atoms. The van der Waals surface area contributed by atoms with Crippen LogP contribution in [0, 0.1) is 5.92 Å². The van der Waals surface area contributed by atoms with Gasteiger partial charge in [0.1, 0.15) is 0 Å². The average molecular weight is 262 g/mol. The molecule has 0 spiro atoms. The molecule has 1 aromatic rings. The highest BCUT2D eigenvalue weighted by molar-refractivity contribution is 5.47. The summed E-state index contributed by atoms with van der Waals surface area (Å²) in [6, 6.07) is 6.91. The fourth-order valence-electron chi connectivity index (χ4n) is 3.05. The molecule has 0 heterocycles. The summed E-state index contributed by atoms with van der Waals surface area (Å²) >= 11 is 0. The van der Waals surface area contributed by atoms with Gasteiger partial charge in [0.25, 0.3) is 0 Å². The summed E-state index contributed by atoms with van der Waals surface area (Å²) in [5.74, 6) is 0.676. The zero-order valence-electron chi connectivity index (χ0n) is 12.4. The minimum Gasteiger partial charge on any atom is -0.399 e. The monoisotopic (exact) mass is 262 g/mol. The van der Waals surface area contributed by atoms with Gasteiger partial charge in [-0.2, -0.15) is 0 Å². The standard InChI is InChI=1S/C16H26N2O/c1-12(2)11-18(8-9-19-3)16-7-4-13-10-14(17)5-6-15(13)16/h5-6,10,12,16H,4,7-9,11,17H2,1-3H3. The van der Waals surface area contributed by atoms with Gasteiger partial charge in [0.05, 0.1) is 6.61 Å². The number of ether oxygens (including phenoxy) is 1. The second-order valence-corrected chi connectivity index (χ2v) is 5.89. The van der Waals surface area contributed by atoms with Crippen LogP contribution in [0.15, 0.2) is 18.2 Å². The molecule has 2 rings (SSSR count). The first kappa shape index (κ1) is 14.4. The van der Waals surface area contributed by atoms with Crippen LogP contribution in [0.2, 0.25) is 0 Å². The minimum absolute atomic E-state index is 0.535. The Kier molecular flexibility index (Phi) is 4.83. The molecule has 19 heavy (non-hydrogen) atoms. The molecule has 1 atom stereocenters. The van der Waals surface area contributed by atoms with Crippen LogP contribution < -0.4 is 5.73 Å². The molecular weight excluding hydrogens is 236 g/mol. The molecule has 1 aliphatic rings. The summed E-state index contributed by atoms with van der Waals surface area (Å²) < 4.78 is 5.26. The van der Waals surface area contributed by atoms with Gasteiger partial charge in [-0.25, -0.2) is 0 Å². The highest BCUT2D eigenvalue weighted by Crippen LogP contribution is 2.36. The van der Waals surface area contributed by atoms with Crippen molar-refractivity contribution in [3.8, 4) is 0 Å². The number of fused-ring (bicyclic) bond motifs is 1. The van der Waals surface area contributed by atoms with Gasteiger partial charge in [0, 0.05) is 31.9 Å². The van der Waals surface area contributed by atoms with Gasteiger partial charge >= 0.3 is 0 Å². The van der Waals surface area contributed by atoms with E-state index in [-0.39, 0.29) is 0 Å². The van der Waals surface area contributed by atoms with Crippen molar-refractivity contribution in [2.24, 2.45) is 5.92 Å². The number of hydrogen-bond donors (Lipinski definition) is 1. The highest BCUT2D eigenvalue weighted by atomic mass is 16.5. The molecule has 0 aromatic heterocycles. The summed E-state index contributed by atoms with van der Waals surface area (Å²) in [5.41, 5.74) is 9.65. The van der Waals surface area contributed by atoms with E-state index in [9.17, 15) is 0 Å². The molecule has 0 saturated carbocycles. The largest absolute Gasteiger partial charge is 0.399 e. The first-order chi connectivity index (χ1) is 9.11. The summed E-state index contributed by atoms with van der Waals surface area (Å²) in [5, 5.41) is 0. The Hall–Kier alpha value is -1.06. The number of hydrogen-bond acceptors (Lipinski definition) is 3. The SMILES string of the molecule is COCCN(CC(C)C)C1CCc2cc(N)ccc21. The maximum atomic E-state index is 5.88. The van der Waals surface area contributed by atoms with Crippen molar-refractivity contribution in [3.63, 3.8) is 0 Å². The first-order valence-electron chi connectivity index (χ1n) is 7.23. The van der Waals surface area contributed by atoms with Crippen LogP contribution >= 0.6 is 0 Å². The van der Waals surface area contributed by atoms with Gasteiger partial charge in [-0.1, -0.05) is 19.9 Å². The fraction of sp³-hybridized carbons (Fsp3) is 0.625. The first-order valence-corrected chi connectivity index (χ1v) is 7.23. The van der Waals surface area contributed by atoms with Crippen molar-refractivity contribution < 1.29 is 4.74 Å².